The standard InChI is InChI=1S/C16H22N2OS/c1-10-6-7-14(12(8-10)16(3,4)5)19-11(2)13-9-20-15(17)18-13/h6-9,11H,1-5H3,(H2,17,18). The lowest BCUT2D eigenvalue weighted by Crippen LogP contribution is -2.15. The first-order valence-corrected chi connectivity index (χ1v) is 7.64. The van der Waals surface area contributed by atoms with Gasteiger partial charge in [-0.05, 0) is 30.9 Å². The Morgan fingerprint density at radius 3 is 2.55 bits per heavy atom. The lowest BCUT2D eigenvalue weighted by Gasteiger charge is -2.25. The molecule has 2 N–H and O–H groups in total. The highest BCUT2D eigenvalue weighted by atomic mass is 32.1. The zero-order valence-electron chi connectivity index (χ0n) is 12.7. The molecule has 0 aliphatic heterocycles. The maximum Gasteiger partial charge on any atom is 0.180 e. The van der Waals surface area contributed by atoms with Crippen molar-refractivity contribution in [3.8, 4) is 5.75 Å². The molecule has 0 saturated carbocycles. The summed E-state index contributed by atoms with van der Waals surface area (Å²) < 4.78 is 6.11. The third-order valence-electron chi connectivity index (χ3n) is 3.20. The number of benzene rings is 1. The number of nitrogen functional groups attached to an aromatic ring is 1. The number of rotatable bonds is 3. The van der Waals surface area contributed by atoms with E-state index in [4.69, 9.17) is 10.5 Å². The van der Waals surface area contributed by atoms with Crippen molar-refractivity contribution in [3.63, 3.8) is 0 Å². The van der Waals surface area contributed by atoms with Crippen LogP contribution in [0.4, 0.5) is 5.13 Å². The maximum atomic E-state index is 6.11. The number of thiazole rings is 1. The molecule has 0 spiro atoms. The Hall–Kier alpha value is -1.55. The molecule has 0 radical (unpaired) electrons. The van der Waals surface area contributed by atoms with Gasteiger partial charge in [0.1, 0.15) is 11.9 Å². The maximum absolute atomic E-state index is 6.11. The number of nitrogens with zero attached hydrogens (tertiary/aromatic N) is 1. The second-order valence-electron chi connectivity index (χ2n) is 6.12. The van der Waals surface area contributed by atoms with Gasteiger partial charge in [0.05, 0.1) is 5.69 Å². The second-order valence-corrected chi connectivity index (χ2v) is 7.01. The van der Waals surface area contributed by atoms with Crippen LogP contribution >= 0.6 is 11.3 Å². The second kappa shape index (κ2) is 5.44. The fraction of sp³-hybridized carbons (Fsp3) is 0.438. The molecule has 0 amide bonds. The summed E-state index contributed by atoms with van der Waals surface area (Å²) in [7, 11) is 0. The van der Waals surface area contributed by atoms with E-state index in [1.807, 2.05) is 18.4 Å². The predicted octanol–water partition coefficient (Wildman–Crippen LogP) is 4.47. The zero-order chi connectivity index (χ0) is 14.9. The normalized spacial score (nSPS) is 13.2. The van der Waals surface area contributed by atoms with E-state index in [1.54, 1.807) is 0 Å². The molecule has 0 aliphatic carbocycles. The smallest absolute Gasteiger partial charge is 0.180 e. The summed E-state index contributed by atoms with van der Waals surface area (Å²) >= 11 is 1.44. The molecule has 0 aliphatic rings. The molecular formula is C16H22N2OS. The first kappa shape index (κ1) is 14.9. The first-order chi connectivity index (χ1) is 9.27. The Morgan fingerprint density at radius 1 is 1.30 bits per heavy atom. The van der Waals surface area contributed by atoms with Crippen molar-refractivity contribution < 1.29 is 4.74 Å². The van der Waals surface area contributed by atoms with Gasteiger partial charge in [0.25, 0.3) is 0 Å². The van der Waals surface area contributed by atoms with Crippen molar-refractivity contribution in [1.82, 2.24) is 4.98 Å². The van der Waals surface area contributed by atoms with Gasteiger partial charge in [-0.15, -0.1) is 11.3 Å². The predicted molar refractivity (Wildman–Crippen MR) is 85.4 cm³/mol. The van der Waals surface area contributed by atoms with Crippen molar-refractivity contribution in [2.24, 2.45) is 0 Å². The quantitative estimate of drug-likeness (QED) is 0.907. The molecule has 1 heterocycles. The van der Waals surface area contributed by atoms with Gasteiger partial charge in [0.2, 0.25) is 0 Å². The van der Waals surface area contributed by atoms with Gasteiger partial charge in [-0.1, -0.05) is 38.5 Å². The van der Waals surface area contributed by atoms with Crippen LogP contribution in [0.2, 0.25) is 0 Å². The molecule has 2 rings (SSSR count). The Labute approximate surface area is 124 Å². The monoisotopic (exact) mass is 290 g/mol. The average Bonchev–Trinajstić information content (AvgIpc) is 2.77. The summed E-state index contributed by atoms with van der Waals surface area (Å²) in [5, 5.41) is 2.53. The van der Waals surface area contributed by atoms with E-state index < -0.39 is 0 Å². The number of aryl methyl sites for hydroxylation is 1. The van der Waals surface area contributed by atoms with Gasteiger partial charge in [-0.25, -0.2) is 4.98 Å². The van der Waals surface area contributed by atoms with Crippen molar-refractivity contribution in [2.75, 3.05) is 5.73 Å². The third kappa shape index (κ3) is 3.31. The molecule has 1 atom stereocenters. The van der Waals surface area contributed by atoms with Crippen molar-refractivity contribution in [2.45, 2.75) is 46.1 Å². The van der Waals surface area contributed by atoms with Crippen LogP contribution in [-0.4, -0.2) is 4.98 Å². The summed E-state index contributed by atoms with van der Waals surface area (Å²) in [4.78, 5) is 4.29. The topological polar surface area (TPSA) is 48.1 Å². The molecule has 1 aromatic heterocycles. The van der Waals surface area contributed by atoms with E-state index in [0.717, 1.165) is 11.4 Å². The van der Waals surface area contributed by atoms with E-state index in [-0.39, 0.29) is 11.5 Å². The van der Waals surface area contributed by atoms with E-state index >= 15 is 0 Å². The van der Waals surface area contributed by atoms with Crippen LogP contribution in [0.1, 0.15) is 50.6 Å². The Morgan fingerprint density at radius 2 is 2.00 bits per heavy atom. The van der Waals surface area contributed by atoms with Crippen LogP contribution in [-0.2, 0) is 5.41 Å². The summed E-state index contributed by atoms with van der Waals surface area (Å²) in [5.74, 6) is 0.919. The highest BCUT2D eigenvalue weighted by Crippen LogP contribution is 2.34. The SMILES string of the molecule is Cc1ccc(OC(C)c2csc(N)n2)c(C(C)(C)C)c1. The van der Waals surface area contributed by atoms with Crippen LogP contribution < -0.4 is 10.5 Å². The highest BCUT2D eigenvalue weighted by molar-refractivity contribution is 7.13. The summed E-state index contributed by atoms with van der Waals surface area (Å²) in [6.45, 7) is 10.7. The van der Waals surface area contributed by atoms with Crippen molar-refractivity contribution >= 4 is 16.5 Å². The van der Waals surface area contributed by atoms with Gasteiger partial charge in [0, 0.05) is 5.38 Å². The molecule has 1 unspecified atom stereocenters. The minimum absolute atomic E-state index is 0.0438. The molecule has 0 bridgehead atoms. The van der Waals surface area contributed by atoms with Crippen LogP contribution in [0.3, 0.4) is 0 Å². The molecule has 2 aromatic rings. The van der Waals surface area contributed by atoms with Crippen LogP contribution in [0.25, 0.3) is 0 Å². The van der Waals surface area contributed by atoms with Crippen LogP contribution in [0.5, 0.6) is 5.75 Å². The van der Waals surface area contributed by atoms with Gasteiger partial charge in [-0.2, -0.15) is 0 Å². The first-order valence-electron chi connectivity index (χ1n) is 6.76. The number of hydrogen-bond acceptors (Lipinski definition) is 4. The van der Waals surface area contributed by atoms with Gasteiger partial charge in [-0.3, -0.25) is 0 Å². The van der Waals surface area contributed by atoms with Gasteiger partial charge in [0.15, 0.2) is 5.13 Å². The zero-order valence-corrected chi connectivity index (χ0v) is 13.5. The fourth-order valence-electron chi connectivity index (χ4n) is 2.07. The highest BCUT2D eigenvalue weighted by Gasteiger charge is 2.21. The summed E-state index contributed by atoms with van der Waals surface area (Å²) in [5.41, 5.74) is 9.07. The van der Waals surface area contributed by atoms with Gasteiger partial charge < -0.3 is 10.5 Å². The Kier molecular flexibility index (Phi) is 4.04. The van der Waals surface area contributed by atoms with Crippen LogP contribution in [0.15, 0.2) is 23.6 Å². The van der Waals surface area contributed by atoms with E-state index in [1.165, 1.54) is 22.5 Å². The summed E-state index contributed by atoms with van der Waals surface area (Å²) in [6, 6.07) is 6.31. The Balaban J connectivity index is 2.29. The Bertz CT molecular complexity index is 599. The molecule has 20 heavy (non-hydrogen) atoms. The molecule has 1 aromatic carbocycles. The fourth-order valence-corrected chi connectivity index (χ4v) is 2.71. The minimum atomic E-state index is -0.104. The summed E-state index contributed by atoms with van der Waals surface area (Å²) in [6.07, 6.45) is -0.104. The van der Waals surface area contributed by atoms with E-state index in [9.17, 15) is 0 Å². The molecule has 0 fully saturated rings. The average molecular weight is 290 g/mol. The van der Waals surface area contributed by atoms with Gasteiger partial charge >= 0.3 is 0 Å². The molecule has 3 nitrogen and oxygen atoms in total. The van der Waals surface area contributed by atoms with Crippen molar-refractivity contribution in [1.29, 1.82) is 0 Å². The molecule has 4 heteroatoms. The lowest BCUT2D eigenvalue weighted by atomic mass is 9.85. The number of hydrogen-bond donors (Lipinski definition) is 1. The number of anilines is 1. The lowest BCUT2D eigenvalue weighted by molar-refractivity contribution is 0.217. The van der Waals surface area contributed by atoms with Crippen molar-refractivity contribution in [3.05, 3.63) is 40.4 Å². The largest absolute Gasteiger partial charge is 0.484 e. The van der Waals surface area contributed by atoms with E-state index in [2.05, 4.69) is 44.8 Å². The molecular weight excluding hydrogens is 268 g/mol. The number of ether oxygens (including phenoxy) is 1. The third-order valence-corrected chi connectivity index (χ3v) is 3.90. The number of aromatic nitrogens is 1. The minimum Gasteiger partial charge on any atom is -0.484 e. The molecule has 108 valence electrons. The van der Waals surface area contributed by atoms with Crippen LogP contribution in [0, 0.1) is 6.92 Å². The molecule has 0 saturated heterocycles. The number of nitrogens with two attached hydrogens (primary N) is 1. The van der Waals surface area contributed by atoms with E-state index in [0.29, 0.717) is 5.13 Å².